The molecule has 0 spiro atoms. The quantitative estimate of drug-likeness (QED) is 0.330. The van der Waals surface area contributed by atoms with Crippen LogP contribution in [-0.4, -0.2) is 23.3 Å². The number of aliphatic hydroxyl groups excluding tert-OH is 1. The maximum absolute atomic E-state index is 12.9. The van der Waals surface area contributed by atoms with Crippen molar-refractivity contribution >= 4 is 23.2 Å². The molecule has 1 amide bonds. The molecule has 0 saturated heterocycles. The van der Waals surface area contributed by atoms with Crippen molar-refractivity contribution < 1.29 is 41.1 Å². The van der Waals surface area contributed by atoms with Crippen molar-refractivity contribution in [3.05, 3.63) is 64.2 Å². The lowest BCUT2D eigenvalue weighted by molar-refractivity contribution is -0.143. The molecule has 0 aliphatic heterocycles. The highest BCUT2D eigenvalue weighted by atomic mass is 35.5. The van der Waals surface area contributed by atoms with Crippen molar-refractivity contribution in [1.29, 1.82) is 0 Å². The lowest BCUT2D eigenvalue weighted by Gasteiger charge is -2.21. The molecule has 30 heavy (non-hydrogen) atoms. The molecule has 12 heteroatoms. The van der Waals surface area contributed by atoms with Crippen LogP contribution in [0.15, 0.2) is 42.5 Å². The zero-order chi connectivity index (χ0) is 22.7. The Labute approximate surface area is 171 Å². The summed E-state index contributed by atoms with van der Waals surface area (Å²) in [4.78, 5) is 16.9. The van der Waals surface area contributed by atoms with Gasteiger partial charge in [-0.15, -0.1) is 0 Å². The summed E-state index contributed by atoms with van der Waals surface area (Å²) in [6, 6.07) is 6.59. The standard InChI is InChI=1S/C18H15ClF6N2O3/c1-9(15(28)26-14-4-2-13(19)3-5-14)30-27-16(29)10-6-11(17(20,21)22)8-12(7-10)18(23,24)25/h2-9,15,26,28H,1H3,(H,27,29). The van der Waals surface area contributed by atoms with Gasteiger partial charge in [-0.05, 0) is 49.4 Å². The molecule has 2 atom stereocenters. The average molecular weight is 457 g/mol. The van der Waals surface area contributed by atoms with Crippen LogP contribution in [0, 0.1) is 0 Å². The van der Waals surface area contributed by atoms with E-state index in [0.29, 0.717) is 10.7 Å². The Morgan fingerprint density at radius 2 is 1.50 bits per heavy atom. The van der Waals surface area contributed by atoms with Gasteiger partial charge >= 0.3 is 12.4 Å². The highest BCUT2D eigenvalue weighted by Gasteiger charge is 2.37. The molecule has 2 aromatic rings. The van der Waals surface area contributed by atoms with Gasteiger partial charge in [0.25, 0.3) is 5.91 Å². The second kappa shape index (κ2) is 9.11. The van der Waals surface area contributed by atoms with Crippen molar-refractivity contribution in [2.24, 2.45) is 0 Å². The zero-order valence-electron chi connectivity index (χ0n) is 15.1. The molecule has 0 saturated carbocycles. The van der Waals surface area contributed by atoms with Gasteiger partial charge in [0.2, 0.25) is 0 Å². The Hall–Kier alpha value is -2.50. The third-order valence-electron chi connectivity index (χ3n) is 3.79. The minimum absolute atomic E-state index is 0.0972. The van der Waals surface area contributed by atoms with Crippen molar-refractivity contribution in [2.45, 2.75) is 31.6 Å². The molecular weight excluding hydrogens is 442 g/mol. The molecule has 5 nitrogen and oxygen atoms in total. The minimum Gasteiger partial charge on any atom is -0.371 e. The smallest absolute Gasteiger partial charge is 0.371 e. The summed E-state index contributed by atoms with van der Waals surface area (Å²) in [5, 5.41) is 13.1. The van der Waals surface area contributed by atoms with Crippen LogP contribution in [0.5, 0.6) is 0 Å². The van der Waals surface area contributed by atoms with Crippen molar-refractivity contribution in [3.8, 4) is 0 Å². The molecule has 0 radical (unpaired) electrons. The number of halogens is 7. The van der Waals surface area contributed by atoms with Crippen LogP contribution in [0.1, 0.15) is 28.4 Å². The van der Waals surface area contributed by atoms with E-state index >= 15 is 0 Å². The van der Waals surface area contributed by atoms with Gasteiger partial charge in [-0.2, -0.15) is 26.3 Å². The van der Waals surface area contributed by atoms with E-state index in [1.54, 1.807) is 5.48 Å². The van der Waals surface area contributed by atoms with E-state index in [9.17, 15) is 36.2 Å². The van der Waals surface area contributed by atoms with Gasteiger partial charge in [-0.25, -0.2) is 5.48 Å². The summed E-state index contributed by atoms with van der Waals surface area (Å²) in [6.45, 7) is 1.31. The van der Waals surface area contributed by atoms with E-state index in [0.717, 1.165) is 0 Å². The number of amides is 1. The molecule has 0 heterocycles. The number of aliphatic hydroxyl groups is 1. The van der Waals surface area contributed by atoms with Crippen LogP contribution < -0.4 is 10.8 Å². The zero-order valence-corrected chi connectivity index (χ0v) is 15.9. The highest BCUT2D eigenvalue weighted by molar-refractivity contribution is 6.30. The third kappa shape index (κ3) is 6.51. The summed E-state index contributed by atoms with van der Waals surface area (Å²) in [5.74, 6) is -1.35. The Kier molecular flexibility index (Phi) is 7.22. The van der Waals surface area contributed by atoms with Gasteiger partial charge in [0.1, 0.15) is 6.10 Å². The molecule has 0 fully saturated rings. The molecule has 0 aromatic heterocycles. The molecule has 2 aromatic carbocycles. The van der Waals surface area contributed by atoms with Gasteiger partial charge in [0.15, 0.2) is 6.23 Å². The van der Waals surface area contributed by atoms with Crippen LogP contribution in [-0.2, 0) is 17.2 Å². The normalized spacial score (nSPS) is 14.2. The van der Waals surface area contributed by atoms with E-state index < -0.39 is 47.3 Å². The molecule has 2 unspecified atom stereocenters. The average Bonchev–Trinajstić information content (AvgIpc) is 2.65. The number of hydroxylamine groups is 1. The first-order valence-electron chi connectivity index (χ1n) is 8.23. The van der Waals surface area contributed by atoms with Crippen LogP contribution in [0.4, 0.5) is 32.0 Å². The first kappa shape index (κ1) is 23.8. The van der Waals surface area contributed by atoms with E-state index in [1.807, 2.05) is 0 Å². The predicted molar refractivity (Wildman–Crippen MR) is 95.5 cm³/mol. The summed E-state index contributed by atoms with van der Waals surface area (Å²) < 4.78 is 77.2. The number of nitrogens with one attached hydrogen (secondary N) is 2. The molecule has 0 bridgehead atoms. The summed E-state index contributed by atoms with van der Waals surface area (Å²) in [7, 11) is 0. The summed E-state index contributed by atoms with van der Waals surface area (Å²) >= 11 is 5.73. The first-order chi connectivity index (χ1) is 13.8. The predicted octanol–water partition coefficient (Wildman–Crippen LogP) is 4.86. The van der Waals surface area contributed by atoms with E-state index in [2.05, 4.69) is 5.32 Å². The number of anilines is 1. The largest absolute Gasteiger partial charge is 0.416 e. The van der Waals surface area contributed by atoms with Crippen molar-refractivity contribution in [2.75, 3.05) is 5.32 Å². The lowest BCUT2D eigenvalue weighted by Crippen LogP contribution is -2.39. The number of benzene rings is 2. The Bertz CT molecular complexity index is 855. The Balaban J connectivity index is 2.08. The molecule has 0 aliphatic rings. The highest BCUT2D eigenvalue weighted by Crippen LogP contribution is 2.36. The fraction of sp³-hybridized carbons (Fsp3) is 0.278. The molecule has 0 aliphatic carbocycles. The van der Waals surface area contributed by atoms with E-state index in [1.165, 1.54) is 31.2 Å². The van der Waals surface area contributed by atoms with Gasteiger partial charge in [-0.3, -0.25) is 9.63 Å². The Morgan fingerprint density at radius 1 is 1.00 bits per heavy atom. The fourth-order valence-electron chi connectivity index (χ4n) is 2.19. The third-order valence-corrected chi connectivity index (χ3v) is 4.04. The van der Waals surface area contributed by atoms with Crippen molar-refractivity contribution in [3.63, 3.8) is 0 Å². The lowest BCUT2D eigenvalue weighted by atomic mass is 10.0. The number of hydrogen-bond donors (Lipinski definition) is 3. The Morgan fingerprint density at radius 3 is 1.97 bits per heavy atom. The van der Waals surface area contributed by atoms with Crippen LogP contribution in [0.25, 0.3) is 0 Å². The van der Waals surface area contributed by atoms with Gasteiger partial charge in [-0.1, -0.05) is 11.6 Å². The maximum Gasteiger partial charge on any atom is 0.416 e. The minimum atomic E-state index is -5.09. The van der Waals surface area contributed by atoms with Crippen LogP contribution in [0.2, 0.25) is 5.02 Å². The van der Waals surface area contributed by atoms with Gasteiger partial charge < -0.3 is 10.4 Å². The van der Waals surface area contributed by atoms with Gasteiger partial charge in [0.05, 0.1) is 11.1 Å². The molecule has 2 rings (SSSR count). The fourth-order valence-corrected chi connectivity index (χ4v) is 2.32. The molecular formula is C18H15ClF6N2O3. The monoisotopic (exact) mass is 456 g/mol. The van der Waals surface area contributed by atoms with Gasteiger partial charge in [0, 0.05) is 16.3 Å². The summed E-state index contributed by atoms with van der Waals surface area (Å²) in [6.07, 6.45) is -12.7. The number of hydrogen-bond acceptors (Lipinski definition) is 4. The second-order valence-electron chi connectivity index (χ2n) is 6.14. The van der Waals surface area contributed by atoms with E-state index in [4.69, 9.17) is 16.4 Å². The maximum atomic E-state index is 12.9. The molecule has 3 N–H and O–H groups in total. The van der Waals surface area contributed by atoms with Crippen LogP contribution in [0.3, 0.4) is 0 Å². The number of carbonyl (C=O) groups excluding carboxylic acids is 1. The molecule has 164 valence electrons. The number of alkyl halides is 6. The number of carbonyl (C=O) groups is 1. The topological polar surface area (TPSA) is 70.6 Å². The second-order valence-corrected chi connectivity index (χ2v) is 6.58. The number of rotatable bonds is 6. The summed E-state index contributed by atoms with van der Waals surface area (Å²) in [5.41, 5.74) is -2.01. The van der Waals surface area contributed by atoms with Crippen molar-refractivity contribution in [1.82, 2.24) is 5.48 Å². The van der Waals surface area contributed by atoms with E-state index in [-0.39, 0.29) is 18.2 Å². The SMILES string of the molecule is CC(ONC(=O)c1cc(C(F)(F)F)cc(C(F)(F)F)c1)C(O)Nc1ccc(Cl)cc1. The van der Waals surface area contributed by atoms with Crippen LogP contribution >= 0.6 is 11.6 Å². The first-order valence-corrected chi connectivity index (χ1v) is 8.61.